The summed E-state index contributed by atoms with van der Waals surface area (Å²) in [6.45, 7) is 6.08. The molecule has 108 valence electrons. The molecule has 1 aromatic carbocycles. The lowest BCUT2D eigenvalue weighted by Gasteiger charge is -2.02. The zero-order valence-electron chi connectivity index (χ0n) is 12.2. The number of anilines is 1. The van der Waals surface area contributed by atoms with Gasteiger partial charge in [-0.25, -0.2) is 0 Å². The molecule has 0 unspecified atom stereocenters. The Bertz CT molecular complexity index is 771. The molecule has 0 fully saturated rings. The van der Waals surface area contributed by atoms with E-state index < -0.39 is 0 Å². The van der Waals surface area contributed by atoms with Crippen LogP contribution in [0.4, 0.5) is 5.00 Å². The number of nitrogens with two attached hydrogens (primary N) is 1. The van der Waals surface area contributed by atoms with Gasteiger partial charge in [0.2, 0.25) is 0 Å². The van der Waals surface area contributed by atoms with E-state index >= 15 is 0 Å². The summed E-state index contributed by atoms with van der Waals surface area (Å²) < 4.78 is 9.52. The molecule has 0 amide bonds. The highest BCUT2D eigenvalue weighted by molar-refractivity contribution is 7.10. The zero-order chi connectivity index (χ0) is 15.0. The first-order valence-electron chi connectivity index (χ1n) is 6.65. The second kappa shape index (κ2) is 5.29. The van der Waals surface area contributed by atoms with Crippen molar-refractivity contribution in [3.05, 3.63) is 46.4 Å². The predicted octanol–water partition coefficient (Wildman–Crippen LogP) is 3.29. The maximum atomic E-state index is 5.90. The molecule has 0 radical (unpaired) electrons. The van der Waals surface area contributed by atoms with Crippen LogP contribution in [0.25, 0.3) is 11.5 Å². The second-order valence-electron chi connectivity index (χ2n) is 5.12. The van der Waals surface area contributed by atoms with Crippen molar-refractivity contribution in [1.29, 1.82) is 0 Å². The molecule has 21 heavy (non-hydrogen) atoms. The van der Waals surface area contributed by atoms with Gasteiger partial charge in [0, 0.05) is 6.42 Å². The molecule has 0 aliphatic carbocycles. The molecular weight excluding hydrogens is 284 g/mol. The Morgan fingerprint density at radius 1 is 1.19 bits per heavy atom. The monoisotopic (exact) mass is 300 g/mol. The summed E-state index contributed by atoms with van der Waals surface area (Å²) in [4.78, 5) is 4.43. The van der Waals surface area contributed by atoms with Crippen molar-refractivity contribution in [2.24, 2.45) is 0 Å². The molecule has 0 aliphatic rings. The lowest BCUT2D eigenvalue weighted by atomic mass is 10.0. The summed E-state index contributed by atoms with van der Waals surface area (Å²) in [6.07, 6.45) is 0.640. The third-order valence-electron chi connectivity index (χ3n) is 3.50. The Morgan fingerprint density at radius 2 is 2.00 bits per heavy atom. The summed E-state index contributed by atoms with van der Waals surface area (Å²) in [5, 5.41) is 4.64. The Morgan fingerprint density at radius 3 is 2.67 bits per heavy atom. The zero-order valence-corrected chi connectivity index (χ0v) is 13.0. The van der Waals surface area contributed by atoms with Crippen LogP contribution < -0.4 is 5.73 Å². The van der Waals surface area contributed by atoms with Gasteiger partial charge in [0.05, 0.1) is 11.3 Å². The number of hydrogen-bond donors (Lipinski definition) is 1. The van der Waals surface area contributed by atoms with Gasteiger partial charge in [0.1, 0.15) is 5.00 Å². The average Bonchev–Trinajstić information content (AvgIpc) is 3.01. The Labute approximate surface area is 127 Å². The Balaban J connectivity index is 1.87. The normalized spacial score (nSPS) is 11.0. The standard InChI is InChI=1S/C15H16N4OS/c1-8-4-5-11(6-9(8)2)7-12-17-15(20-18-12)13-10(3)19-21-14(13)16/h4-6H,7,16H2,1-3H3. The first-order chi connectivity index (χ1) is 10.0. The lowest BCUT2D eigenvalue weighted by molar-refractivity contribution is 0.424. The highest BCUT2D eigenvalue weighted by Crippen LogP contribution is 2.31. The summed E-state index contributed by atoms with van der Waals surface area (Å²) in [7, 11) is 0. The van der Waals surface area contributed by atoms with E-state index in [0.717, 1.165) is 11.3 Å². The van der Waals surface area contributed by atoms with Gasteiger partial charge >= 0.3 is 0 Å². The van der Waals surface area contributed by atoms with E-state index in [1.807, 2.05) is 6.92 Å². The molecule has 0 aliphatic heterocycles. The quantitative estimate of drug-likeness (QED) is 0.803. The van der Waals surface area contributed by atoms with Crippen LogP contribution in [0.5, 0.6) is 0 Å². The van der Waals surface area contributed by atoms with Gasteiger partial charge in [-0.3, -0.25) is 0 Å². The Hall–Kier alpha value is -2.21. The minimum Gasteiger partial charge on any atom is -0.389 e. The molecule has 0 spiro atoms. The molecular formula is C15H16N4OS. The predicted molar refractivity (Wildman–Crippen MR) is 83.3 cm³/mol. The molecule has 5 nitrogen and oxygen atoms in total. The van der Waals surface area contributed by atoms with Crippen LogP contribution in [-0.2, 0) is 6.42 Å². The minimum atomic E-state index is 0.442. The van der Waals surface area contributed by atoms with Crippen LogP contribution in [0.3, 0.4) is 0 Å². The number of benzene rings is 1. The molecule has 2 heterocycles. The minimum absolute atomic E-state index is 0.442. The summed E-state index contributed by atoms with van der Waals surface area (Å²) in [5.74, 6) is 1.09. The third-order valence-corrected chi connectivity index (χ3v) is 4.27. The molecule has 3 rings (SSSR count). The van der Waals surface area contributed by atoms with E-state index in [4.69, 9.17) is 10.3 Å². The third kappa shape index (κ3) is 2.67. The van der Waals surface area contributed by atoms with Crippen molar-refractivity contribution < 1.29 is 4.52 Å². The molecule has 2 N–H and O–H groups in total. The van der Waals surface area contributed by atoms with Crippen LogP contribution in [-0.4, -0.2) is 14.5 Å². The van der Waals surface area contributed by atoms with E-state index in [9.17, 15) is 0 Å². The van der Waals surface area contributed by atoms with Gasteiger partial charge in [-0.2, -0.15) is 9.36 Å². The molecule has 3 aromatic rings. The number of hydrogen-bond acceptors (Lipinski definition) is 6. The molecule has 0 saturated carbocycles. The summed E-state index contributed by atoms with van der Waals surface area (Å²) in [6, 6.07) is 6.35. The molecule has 0 saturated heterocycles. The van der Waals surface area contributed by atoms with Gasteiger partial charge < -0.3 is 10.3 Å². The smallest absolute Gasteiger partial charge is 0.262 e. The largest absolute Gasteiger partial charge is 0.389 e. The molecule has 0 bridgehead atoms. The first-order valence-corrected chi connectivity index (χ1v) is 7.43. The molecule has 0 atom stereocenters. The summed E-state index contributed by atoms with van der Waals surface area (Å²) >= 11 is 1.24. The van der Waals surface area contributed by atoms with Crippen LogP contribution in [0.2, 0.25) is 0 Å². The van der Waals surface area contributed by atoms with Crippen molar-refractivity contribution >= 4 is 16.5 Å². The van der Waals surface area contributed by atoms with Gasteiger partial charge in [-0.05, 0) is 49.0 Å². The highest BCUT2D eigenvalue weighted by Gasteiger charge is 2.17. The van der Waals surface area contributed by atoms with E-state index in [2.05, 4.69) is 46.6 Å². The van der Waals surface area contributed by atoms with E-state index in [1.165, 1.54) is 28.2 Å². The van der Waals surface area contributed by atoms with Crippen LogP contribution in [0.15, 0.2) is 22.7 Å². The number of nitrogen functional groups attached to an aromatic ring is 1. The maximum absolute atomic E-state index is 5.90. The molecule has 6 heteroatoms. The Kier molecular flexibility index (Phi) is 3.47. The van der Waals surface area contributed by atoms with Crippen LogP contribution >= 0.6 is 11.5 Å². The van der Waals surface area contributed by atoms with Crippen molar-refractivity contribution in [3.8, 4) is 11.5 Å². The van der Waals surface area contributed by atoms with Gasteiger partial charge in [0.15, 0.2) is 5.82 Å². The van der Waals surface area contributed by atoms with Crippen molar-refractivity contribution in [2.45, 2.75) is 27.2 Å². The van der Waals surface area contributed by atoms with Crippen LogP contribution in [0.1, 0.15) is 28.2 Å². The van der Waals surface area contributed by atoms with E-state index in [-0.39, 0.29) is 0 Å². The first kappa shape index (κ1) is 13.8. The fourth-order valence-electron chi connectivity index (χ4n) is 2.17. The second-order valence-corrected chi connectivity index (χ2v) is 5.92. The van der Waals surface area contributed by atoms with Crippen LogP contribution in [0, 0.1) is 20.8 Å². The topological polar surface area (TPSA) is 77.8 Å². The summed E-state index contributed by atoms with van der Waals surface area (Å²) in [5.41, 5.74) is 11.2. The van der Waals surface area contributed by atoms with E-state index in [1.54, 1.807) is 0 Å². The number of rotatable bonds is 3. The van der Waals surface area contributed by atoms with Crippen molar-refractivity contribution in [3.63, 3.8) is 0 Å². The SMILES string of the molecule is Cc1ccc(Cc2noc(-c3c(C)nsc3N)n2)cc1C. The molecule has 2 aromatic heterocycles. The highest BCUT2D eigenvalue weighted by atomic mass is 32.1. The van der Waals surface area contributed by atoms with Gasteiger partial charge in [-0.15, -0.1) is 0 Å². The lowest BCUT2D eigenvalue weighted by Crippen LogP contribution is -1.93. The fraction of sp³-hybridized carbons (Fsp3) is 0.267. The number of aryl methyl sites for hydroxylation is 3. The fourth-order valence-corrected chi connectivity index (χ4v) is 2.82. The number of aromatic nitrogens is 3. The van der Waals surface area contributed by atoms with Gasteiger partial charge in [-0.1, -0.05) is 23.4 Å². The van der Waals surface area contributed by atoms with Crippen molar-refractivity contribution in [1.82, 2.24) is 14.5 Å². The van der Waals surface area contributed by atoms with E-state index in [0.29, 0.717) is 23.1 Å². The van der Waals surface area contributed by atoms with Gasteiger partial charge in [0.25, 0.3) is 5.89 Å². The maximum Gasteiger partial charge on any atom is 0.262 e. The van der Waals surface area contributed by atoms with Crippen molar-refractivity contribution in [2.75, 3.05) is 5.73 Å². The number of nitrogens with zero attached hydrogens (tertiary/aromatic N) is 3. The average molecular weight is 300 g/mol.